The van der Waals surface area contributed by atoms with Gasteiger partial charge in [-0.2, -0.15) is 0 Å². The number of aryl methyl sites for hydroxylation is 1. The molecule has 1 aromatic heterocycles. The summed E-state index contributed by atoms with van der Waals surface area (Å²) >= 11 is 0.892. The first kappa shape index (κ1) is 34.3. The van der Waals surface area contributed by atoms with E-state index in [1.165, 1.54) is 19.3 Å². The number of methoxy groups -OCH3 is 2. The van der Waals surface area contributed by atoms with E-state index >= 15 is 4.39 Å². The highest BCUT2D eigenvalue weighted by Crippen LogP contribution is 2.27. The first-order valence-corrected chi connectivity index (χ1v) is 15.7. The molecule has 0 aliphatic heterocycles. The molecular formula is C36H38F2N2O5S. The lowest BCUT2D eigenvalue weighted by Gasteiger charge is -2.18. The molecule has 0 fully saturated rings. The van der Waals surface area contributed by atoms with Gasteiger partial charge in [-0.25, -0.2) is 8.78 Å². The quantitative estimate of drug-likeness (QED) is 0.234. The fourth-order valence-electron chi connectivity index (χ4n) is 4.86. The monoisotopic (exact) mass is 648 g/mol. The molecule has 4 rings (SSSR count). The number of nitrogens with one attached hydrogen (secondary N) is 1. The van der Waals surface area contributed by atoms with E-state index in [0.717, 1.165) is 39.2 Å². The molecular weight excluding hydrogens is 610 g/mol. The maximum Gasteiger partial charge on any atom is 0.269 e. The number of halogens is 2. The van der Waals surface area contributed by atoms with Gasteiger partial charge in [-0.1, -0.05) is 64.1 Å². The van der Waals surface area contributed by atoms with E-state index in [0.29, 0.717) is 35.5 Å². The molecule has 0 saturated heterocycles. The molecule has 242 valence electrons. The predicted molar refractivity (Wildman–Crippen MR) is 177 cm³/mol. The third-order valence-electron chi connectivity index (χ3n) is 7.57. The predicted octanol–water partition coefficient (Wildman–Crippen LogP) is 4.92. The summed E-state index contributed by atoms with van der Waals surface area (Å²) in [5.41, 5.74) is 1.58. The van der Waals surface area contributed by atoms with Crippen LogP contribution in [-0.4, -0.2) is 37.0 Å². The largest absolute Gasteiger partial charge is 0.493 e. The molecule has 10 heteroatoms. The topological polar surface area (TPSA) is 86.6 Å². The Balaban J connectivity index is 1.67. The number of benzene rings is 3. The van der Waals surface area contributed by atoms with Gasteiger partial charge in [0.05, 0.1) is 18.8 Å². The van der Waals surface area contributed by atoms with Crippen LogP contribution in [-0.2, 0) is 29.6 Å². The Kier molecular flexibility index (Phi) is 11.0. The number of hydrogen-bond acceptors (Lipinski definition) is 6. The van der Waals surface area contributed by atoms with Crippen LogP contribution in [0.3, 0.4) is 0 Å². The first-order chi connectivity index (χ1) is 21.9. The average Bonchev–Trinajstić information content (AvgIpc) is 3.31. The van der Waals surface area contributed by atoms with Gasteiger partial charge < -0.3 is 14.8 Å². The van der Waals surface area contributed by atoms with Gasteiger partial charge in [0.1, 0.15) is 22.8 Å². The van der Waals surface area contributed by atoms with Crippen molar-refractivity contribution in [3.63, 3.8) is 0 Å². The normalized spacial score (nSPS) is 12.3. The number of hydrogen-bond donors (Lipinski definition) is 1. The fourth-order valence-corrected chi connectivity index (χ4v) is 5.88. The second-order valence-electron chi connectivity index (χ2n) is 11.8. The highest BCUT2D eigenvalue weighted by molar-refractivity contribution is 7.07. The summed E-state index contributed by atoms with van der Waals surface area (Å²) in [6.07, 6.45) is 3.24. The Morgan fingerprint density at radius 3 is 2.30 bits per heavy atom. The summed E-state index contributed by atoms with van der Waals surface area (Å²) in [6, 6.07) is 15.1. The molecule has 0 aliphatic rings. The minimum absolute atomic E-state index is 0.00804. The number of ketones is 1. The molecule has 0 radical (unpaired) electrons. The fraction of sp³-hybridized carbons (Fsp3) is 0.306. The molecule has 7 nitrogen and oxygen atoms in total. The Morgan fingerprint density at radius 1 is 0.978 bits per heavy atom. The van der Waals surface area contributed by atoms with E-state index in [1.54, 1.807) is 32.2 Å². The zero-order valence-electron chi connectivity index (χ0n) is 26.8. The molecule has 0 atom stereocenters. The SMILES string of the molecule is CCc1ccc(F)c(/C=c2\s/c(=C\C(=O)c3ccc(C(C)(C)C)cc3)n(CC(=O)NCCc3ccc(OC)c(OC)c3)c2=O)c1F. The van der Waals surface area contributed by atoms with Gasteiger partial charge in [-0.15, -0.1) is 11.3 Å². The molecule has 1 N–H and O–H groups in total. The molecule has 46 heavy (non-hydrogen) atoms. The van der Waals surface area contributed by atoms with Gasteiger partial charge in [0, 0.05) is 23.7 Å². The van der Waals surface area contributed by atoms with E-state index in [1.807, 2.05) is 24.3 Å². The van der Waals surface area contributed by atoms with Crippen molar-refractivity contribution in [1.82, 2.24) is 9.88 Å². The molecule has 3 aromatic carbocycles. The number of amides is 1. The van der Waals surface area contributed by atoms with E-state index in [-0.39, 0.29) is 32.5 Å². The van der Waals surface area contributed by atoms with Crippen LogP contribution in [0.4, 0.5) is 8.78 Å². The number of carbonyl (C=O) groups excluding carboxylic acids is 2. The second-order valence-corrected chi connectivity index (χ2v) is 12.8. The zero-order valence-corrected chi connectivity index (χ0v) is 27.6. The minimum Gasteiger partial charge on any atom is -0.493 e. The van der Waals surface area contributed by atoms with Crippen molar-refractivity contribution >= 4 is 35.2 Å². The number of thiazole rings is 1. The van der Waals surface area contributed by atoms with Crippen molar-refractivity contribution in [2.45, 2.75) is 52.5 Å². The van der Waals surface area contributed by atoms with Crippen molar-refractivity contribution in [3.8, 4) is 11.5 Å². The van der Waals surface area contributed by atoms with Crippen molar-refractivity contribution in [1.29, 1.82) is 0 Å². The van der Waals surface area contributed by atoms with Crippen LogP contribution in [0.25, 0.3) is 12.2 Å². The summed E-state index contributed by atoms with van der Waals surface area (Å²) in [5.74, 6) is -1.26. The third-order valence-corrected chi connectivity index (χ3v) is 8.63. The maximum atomic E-state index is 15.1. The van der Waals surface area contributed by atoms with Crippen molar-refractivity contribution in [2.75, 3.05) is 20.8 Å². The Hall–Kier alpha value is -4.57. The molecule has 4 aromatic rings. The molecule has 0 saturated carbocycles. The van der Waals surface area contributed by atoms with Gasteiger partial charge in [0.15, 0.2) is 17.3 Å². The zero-order chi connectivity index (χ0) is 33.6. The first-order valence-electron chi connectivity index (χ1n) is 14.9. The number of carbonyl (C=O) groups is 2. The van der Waals surface area contributed by atoms with Gasteiger partial charge >= 0.3 is 0 Å². The van der Waals surface area contributed by atoms with Crippen LogP contribution in [0.5, 0.6) is 11.5 Å². The van der Waals surface area contributed by atoms with E-state index in [2.05, 4.69) is 26.1 Å². The second kappa shape index (κ2) is 14.7. The van der Waals surface area contributed by atoms with Crippen LogP contribution < -0.4 is 29.5 Å². The molecule has 0 aliphatic carbocycles. The van der Waals surface area contributed by atoms with Crippen molar-refractivity contribution in [3.05, 3.63) is 114 Å². The van der Waals surface area contributed by atoms with E-state index < -0.39 is 29.6 Å². The van der Waals surface area contributed by atoms with Crippen LogP contribution in [0.2, 0.25) is 0 Å². The van der Waals surface area contributed by atoms with Crippen molar-refractivity contribution in [2.24, 2.45) is 0 Å². The number of nitrogens with zero attached hydrogens (tertiary/aromatic N) is 1. The van der Waals surface area contributed by atoms with Gasteiger partial charge in [-0.05, 0) is 59.2 Å². The highest BCUT2D eigenvalue weighted by atomic mass is 32.1. The molecule has 1 amide bonds. The summed E-state index contributed by atoms with van der Waals surface area (Å²) in [5, 5.41) is 2.80. The summed E-state index contributed by atoms with van der Waals surface area (Å²) < 4.78 is 41.7. The van der Waals surface area contributed by atoms with Crippen molar-refractivity contribution < 1.29 is 27.8 Å². The Bertz CT molecular complexity index is 1920. The number of rotatable bonds is 11. The molecule has 0 spiro atoms. The number of aromatic nitrogens is 1. The smallest absolute Gasteiger partial charge is 0.269 e. The van der Waals surface area contributed by atoms with Gasteiger partial charge in [0.25, 0.3) is 5.56 Å². The van der Waals surface area contributed by atoms with Crippen LogP contribution >= 0.6 is 11.3 Å². The van der Waals surface area contributed by atoms with Crippen LogP contribution in [0.15, 0.2) is 59.4 Å². The van der Waals surface area contributed by atoms with Gasteiger partial charge in [0.2, 0.25) is 5.91 Å². The lowest BCUT2D eigenvalue weighted by atomic mass is 9.86. The lowest BCUT2D eigenvalue weighted by Crippen LogP contribution is -2.38. The van der Waals surface area contributed by atoms with E-state index in [9.17, 15) is 18.8 Å². The highest BCUT2D eigenvalue weighted by Gasteiger charge is 2.17. The Morgan fingerprint density at radius 2 is 1.67 bits per heavy atom. The van der Waals surface area contributed by atoms with Gasteiger partial charge in [-0.3, -0.25) is 19.0 Å². The Labute approximate surface area is 270 Å². The molecule has 0 bridgehead atoms. The molecule has 0 unspecified atom stereocenters. The summed E-state index contributed by atoms with van der Waals surface area (Å²) in [6.45, 7) is 7.83. The average molecular weight is 649 g/mol. The summed E-state index contributed by atoms with van der Waals surface area (Å²) in [4.78, 5) is 39.9. The maximum absolute atomic E-state index is 15.1. The minimum atomic E-state index is -0.817. The van der Waals surface area contributed by atoms with Crippen LogP contribution in [0.1, 0.15) is 60.3 Å². The summed E-state index contributed by atoms with van der Waals surface area (Å²) in [7, 11) is 3.09. The standard InChI is InChI=1S/C36H38F2N2O5S/c1-7-23-11-14-27(37)26(34(23)38)19-31-35(43)40(21-32(42)39-17-16-22-8-15-29(44-5)30(18-22)45-6)33(46-31)20-28(41)24-9-12-25(13-10-24)36(2,3)4/h8-15,18-20H,7,16-17,21H2,1-6H3,(H,39,42)/b31-19-,33-20-. The third kappa shape index (κ3) is 7.98. The number of ether oxygens (including phenoxy) is 2. The van der Waals surface area contributed by atoms with Crippen LogP contribution in [0, 0.1) is 11.6 Å². The molecule has 1 heterocycles. The number of Topliss-reactive ketones (excluding diaryl/α,β-unsaturated/α-hetero) is 1. The lowest BCUT2D eigenvalue weighted by molar-refractivity contribution is -0.121. The van der Waals surface area contributed by atoms with E-state index in [4.69, 9.17) is 9.47 Å².